The smallest absolute Gasteiger partial charge is 0.225 e. The molecule has 8 nitrogen and oxygen atoms in total. The fourth-order valence-electron chi connectivity index (χ4n) is 5.31. The van der Waals surface area contributed by atoms with Crippen LogP contribution in [0.1, 0.15) is 37.9 Å². The first-order valence-corrected chi connectivity index (χ1v) is 12.3. The number of aromatic nitrogens is 5. The van der Waals surface area contributed by atoms with E-state index in [1.165, 1.54) is 0 Å². The first kappa shape index (κ1) is 22.1. The van der Waals surface area contributed by atoms with Crippen LogP contribution in [0, 0.1) is 0 Å². The molecule has 35 heavy (non-hydrogen) atoms. The number of hydrogen-bond donors (Lipinski definition) is 1. The SMILES string of the molecule is C=C1/C=C\C=C/CC2(CC1)COCc1nc3ccc(-c4cnc(N5CCC(O)CC5)nc4)nc3n12. The Balaban J connectivity index is 1.36. The number of piperidine rings is 1. The van der Waals surface area contributed by atoms with Crippen molar-refractivity contribution >= 4 is 17.1 Å². The van der Waals surface area contributed by atoms with E-state index in [0.29, 0.717) is 19.2 Å². The van der Waals surface area contributed by atoms with E-state index >= 15 is 0 Å². The molecule has 1 aliphatic carbocycles. The fourth-order valence-corrected chi connectivity index (χ4v) is 5.31. The molecule has 6 rings (SSSR count). The van der Waals surface area contributed by atoms with Gasteiger partial charge in [-0.2, -0.15) is 0 Å². The lowest BCUT2D eigenvalue weighted by atomic mass is 9.87. The minimum absolute atomic E-state index is 0.219. The lowest BCUT2D eigenvalue weighted by molar-refractivity contribution is 0.0000153. The largest absolute Gasteiger partial charge is 0.393 e. The van der Waals surface area contributed by atoms with Crippen LogP contribution in [0.15, 0.2) is 61.0 Å². The molecule has 0 saturated carbocycles. The molecule has 0 radical (unpaired) electrons. The summed E-state index contributed by atoms with van der Waals surface area (Å²) in [7, 11) is 0. The Hall–Kier alpha value is -3.36. The Bertz CT molecular complexity index is 1300. The summed E-state index contributed by atoms with van der Waals surface area (Å²) in [5, 5.41) is 9.77. The average Bonchev–Trinajstić information content (AvgIpc) is 3.30. The van der Waals surface area contributed by atoms with E-state index in [1.807, 2.05) is 24.5 Å². The molecule has 1 saturated heterocycles. The van der Waals surface area contributed by atoms with Gasteiger partial charge in [-0.15, -0.1) is 0 Å². The summed E-state index contributed by atoms with van der Waals surface area (Å²) in [4.78, 5) is 21.3. The summed E-state index contributed by atoms with van der Waals surface area (Å²) in [5.74, 6) is 1.62. The molecule has 3 aliphatic rings. The number of aliphatic hydroxyl groups is 1. The summed E-state index contributed by atoms with van der Waals surface area (Å²) >= 11 is 0. The van der Waals surface area contributed by atoms with Gasteiger partial charge in [-0.05, 0) is 44.2 Å². The number of hydrogen-bond acceptors (Lipinski definition) is 7. The highest BCUT2D eigenvalue weighted by molar-refractivity contribution is 5.76. The molecular weight excluding hydrogens is 440 g/mol. The van der Waals surface area contributed by atoms with Crippen molar-refractivity contribution in [1.82, 2.24) is 24.5 Å². The summed E-state index contributed by atoms with van der Waals surface area (Å²) in [6, 6.07) is 4.02. The van der Waals surface area contributed by atoms with Crippen LogP contribution in [0.25, 0.3) is 22.4 Å². The minimum Gasteiger partial charge on any atom is -0.393 e. The van der Waals surface area contributed by atoms with Gasteiger partial charge in [-0.1, -0.05) is 36.5 Å². The zero-order chi connectivity index (χ0) is 23.8. The van der Waals surface area contributed by atoms with Gasteiger partial charge in [0.1, 0.15) is 17.9 Å². The van der Waals surface area contributed by atoms with Crippen molar-refractivity contribution in [2.24, 2.45) is 0 Å². The number of fused-ring (bicyclic) bond motifs is 4. The molecule has 3 aromatic rings. The van der Waals surface area contributed by atoms with Crippen LogP contribution >= 0.6 is 0 Å². The molecule has 180 valence electrons. The number of anilines is 1. The molecule has 1 fully saturated rings. The van der Waals surface area contributed by atoms with Gasteiger partial charge in [0.15, 0.2) is 5.65 Å². The summed E-state index contributed by atoms with van der Waals surface area (Å²) in [6.45, 7) is 6.86. The van der Waals surface area contributed by atoms with Crippen LogP contribution in [0.5, 0.6) is 0 Å². The van der Waals surface area contributed by atoms with Crippen LogP contribution in [0.3, 0.4) is 0 Å². The molecule has 5 heterocycles. The highest BCUT2D eigenvalue weighted by Crippen LogP contribution is 2.38. The van der Waals surface area contributed by atoms with Crippen molar-refractivity contribution in [3.05, 3.63) is 66.8 Å². The van der Waals surface area contributed by atoms with Crippen molar-refractivity contribution in [2.75, 3.05) is 24.6 Å². The Morgan fingerprint density at radius 3 is 2.74 bits per heavy atom. The quantitative estimate of drug-likeness (QED) is 0.607. The molecule has 0 amide bonds. The Morgan fingerprint density at radius 1 is 1.09 bits per heavy atom. The summed E-state index contributed by atoms with van der Waals surface area (Å²) in [6.07, 6.45) is 16.0. The van der Waals surface area contributed by atoms with E-state index in [1.54, 1.807) is 0 Å². The highest BCUT2D eigenvalue weighted by Gasteiger charge is 2.38. The summed E-state index contributed by atoms with van der Waals surface area (Å²) in [5.41, 5.74) is 4.31. The van der Waals surface area contributed by atoms with E-state index in [-0.39, 0.29) is 11.6 Å². The maximum Gasteiger partial charge on any atom is 0.225 e. The second kappa shape index (κ2) is 9.02. The molecule has 1 unspecified atom stereocenters. The number of imidazole rings is 1. The third-order valence-electron chi connectivity index (χ3n) is 7.32. The van der Waals surface area contributed by atoms with Gasteiger partial charge < -0.3 is 19.3 Å². The first-order valence-electron chi connectivity index (χ1n) is 12.3. The zero-order valence-electron chi connectivity index (χ0n) is 19.8. The van der Waals surface area contributed by atoms with Crippen LogP contribution in [-0.4, -0.2) is 55.4 Å². The van der Waals surface area contributed by atoms with Crippen molar-refractivity contribution < 1.29 is 9.84 Å². The lowest BCUT2D eigenvalue weighted by Gasteiger charge is -2.39. The van der Waals surface area contributed by atoms with E-state index in [2.05, 4.69) is 50.3 Å². The van der Waals surface area contributed by atoms with Gasteiger partial charge in [-0.3, -0.25) is 0 Å². The number of ether oxygens (including phenoxy) is 1. The standard InChI is InChI=1S/C27H30N6O2/c1-19-5-3-2-4-11-27(12-8-19)18-35-17-24-30-23-7-6-22(31-25(23)33(24)27)20-15-28-26(29-16-20)32-13-9-21(34)10-14-32/h2-7,15-16,21,34H,1,8-14,17-18H2/b4-2-,5-3-. The van der Waals surface area contributed by atoms with Gasteiger partial charge in [0, 0.05) is 31.0 Å². The highest BCUT2D eigenvalue weighted by atomic mass is 16.5. The Kier molecular flexibility index (Phi) is 5.70. The molecule has 2 aliphatic heterocycles. The molecule has 3 aromatic heterocycles. The predicted molar refractivity (Wildman–Crippen MR) is 135 cm³/mol. The topological polar surface area (TPSA) is 89.2 Å². The molecule has 0 bridgehead atoms. The van der Waals surface area contributed by atoms with Crippen LogP contribution in [-0.2, 0) is 16.9 Å². The van der Waals surface area contributed by atoms with Crippen LogP contribution in [0.2, 0.25) is 0 Å². The normalized spacial score (nSPS) is 25.2. The lowest BCUT2D eigenvalue weighted by Crippen LogP contribution is -2.43. The van der Waals surface area contributed by atoms with Gasteiger partial charge in [0.05, 0.1) is 23.9 Å². The number of rotatable bonds is 2. The van der Waals surface area contributed by atoms with Crippen LogP contribution < -0.4 is 4.90 Å². The Morgan fingerprint density at radius 2 is 1.91 bits per heavy atom. The molecule has 8 heteroatoms. The number of aliphatic hydroxyl groups excluding tert-OH is 1. The van der Waals surface area contributed by atoms with Crippen molar-refractivity contribution in [1.29, 1.82) is 0 Å². The molecule has 1 spiro atoms. The van der Waals surface area contributed by atoms with E-state index < -0.39 is 0 Å². The minimum atomic E-state index is -0.251. The van der Waals surface area contributed by atoms with E-state index in [4.69, 9.17) is 14.7 Å². The third-order valence-corrected chi connectivity index (χ3v) is 7.32. The second-order valence-electron chi connectivity index (χ2n) is 9.76. The Labute approximate surface area is 204 Å². The van der Waals surface area contributed by atoms with Gasteiger partial charge in [0.2, 0.25) is 5.95 Å². The van der Waals surface area contributed by atoms with Crippen molar-refractivity contribution in [3.63, 3.8) is 0 Å². The van der Waals surface area contributed by atoms with E-state index in [9.17, 15) is 5.11 Å². The summed E-state index contributed by atoms with van der Waals surface area (Å²) < 4.78 is 8.36. The first-order chi connectivity index (χ1) is 17.1. The fraction of sp³-hybridized carbons (Fsp3) is 0.407. The monoisotopic (exact) mass is 470 g/mol. The number of pyridine rings is 1. The number of allylic oxidation sites excluding steroid dienone is 5. The van der Waals surface area contributed by atoms with E-state index in [0.717, 1.165) is 79.0 Å². The third kappa shape index (κ3) is 4.17. The van der Waals surface area contributed by atoms with Gasteiger partial charge in [-0.25, -0.2) is 19.9 Å². The second-order valence-corrected chi connectivity index (χ2v) is 9.76. The van der Waals surface area contributed by atoms with Crippen molar-refractivity contribution in [3.8, 4) is 11.3 Å². The van der Waals surface area contributed by atoms with Crippen molar-refractivity contribution in [2.45, 2.75) is 50.4 Å². The number of nitrogens with zero attached hydrogens (tertiary/aromatic N) is 6. The molecule has 1 N–H and O–H groups in total. The molecule has 0 aromatic carbocycles. The maximum atomic E-state index is 9.77. The van der Waals surface area contributed by atoms with Crippen LogP contribution in [0.4, 0.5) is 5.95 Å². The predicted octanol–water partition coefficient (Wildman–Crippen LogP) is 3.93. The maximum absolute atomic E-state index is 9.77. The van der Waals surface area contributed by atoms with Gasteiger partial charge >= 0.3 is 0 Å². The molecule has 1 atom stereocenters. The average molecular weight is 471 g/mol. The van der Waals surface area contributed by atoms with Gasteiger partial charge in [0.25, 0.3) is 0 Å². The molecular formula is C27H30N6O2. The zero-order valence-corrected chi connectivity index (χ0v) is 19.8.